The standard InChI is InChI=1S/C12H17N3O2/c1-2-9-4-3-7-15(8-9)11-10(12(16)17)5-6-13-14-11/h5-6,9H,2-4,7-8H2,1H3,(H,16,17). The lowest BCUT2D eigenvalue weighted by atomic mass is 9.95. The third-order valence-corrected chi connectivity index (χ3v) is 3.33. The van der Waals surface area contributed by atoms with Crippen LogP contribution in [0.5, 0.6) is 0 Å². The van der Waals surface area contributed by atoms with Gasteiger partial charge in [0.05, 0.1) is 6.20 Å². The molecule has 0 amide bonds. The monoisotopic (exact) mass is 235 g/mol. The highest BCUT2D eigenvalue weighted by molar-refractivity contribution is 5.93. The summed E-state index contributed by atoms with van der Waals surface area (Å²) >= 11 is 0. The maximum atomic E-state index is 11.1. The first-order valence-corrected chi connectivity index (χ1v) is 6.02. The van der Waals surface area contributed by atoms with E-state index in [2.05, 4.69) is 17.1 Å². The van der Waals surface area contributed by atoms with Crippen LogP contribution in [0.2, 0.25) is 0 Å². The summed E-state index contributed by atoms with van der Waals surface area (Å²) in [5.74, 6) is 0.207. The molecule has 0 aromatic carbocycles. The van der Waals surface area contributed by atoms with Gasteiger partial charge < -0.3 is 10.0 Å². The number of rotatable bonds is 3. The van der Waals surface area contributed by atoms with Crippen molar-refractivity contribution in [3.05, 3.63) is 17.8 Å². The van der Waals surface area contributed by atoms with E-state index in [0.29, 0.717) is 11.7 Å². The second-order valence-corrected chi connectivity index (χ2v) is 4.44. The summed E-state index contributed by atoms with van der Waals surface area (Å²) in [7, 11) is 0. The van der Waals surface area contributed by atoms with E-state index in [9.17, 15) is 4.79 Å². The van der Waals surface area contributed by atoms with E-state index in [1.807, 2.05) is 4.90 Å². The molecule has 1 aromatic heterocycles. The Kier molecular flexibility index (Phi) is 3.56. The van der Waals surface area contributed by atoms with E-state index in [0.717, 1.165) is 25.9 Å². The maximum absolute atomic E-state index is 11.1. The Labute approximate surface area is 100 Å². The fourth-order valence-electron chi connectivity index (χ4n) is 2.32. The summed E-state index contributed by atoms with van der Waals surface area (Å²) < 4.78 is 0. The van der Waals surface area contributed by atoms with Crippen LogP contribution in [0.3, 0.4) is 0 Å². The van der Waals surface area contributed by atoms with Crippen molar-refractivity contribution in [2.75, 3.05) is 18.0 Å². The van der Waals surface area contributed by atoms with Gasteiger partial charge in [0, 0.05) is 13.1 Å². The minimum absolute atomic E-state index is 0.247. The molecule has 2 heterocycles. The van der Waals surface area contributed by atoms with Crippen LogP contribution in [0, 0.1) is 5.92 Å². The zero-order chi connectivity index (χ0) is 12.3. The van der Waals surface area contributed by atoms with Crippen molar-refractivity contribution in [3.63, 3.8) is 0 Å². The average Bonchev–Trinajstić information content (AvgIpc) is 2.39. The van der Waals surface area contributed by atoms with Crippen LogP contribution in [0.1, 0.15) is 36.5 Å². The summed E-state index contributed by atoms with van der Waals surface area (Å²) in [5, 5.41) is 16.9. The van der Waals surface area contributed by atoms with E-state index in [-0.39, 0.29) is 5.56 Å². The first-order chi connectivity index (χ1) is 8.22. The molecule has 1 fully saturated rings. The molecule has 0 radical (unpaired) electrons. The van der Waals surface area contributed by atoms with Crippen molar-refractivity contribution in [2.45, 2.75) is 26.2 Å². The van der Waals surface area contributed by atoms with Crippen LogP contribution in [0.25, 0.3) is 0 Å². The third-order valence-electron chi connectivity index (χ3n) is 3.33. The number of carboxylic acid groups (broad SMARTS) is 1. The fraction of sp³-hybridized carbons (Fsp3) is 0.583. The Morgan fingerprint density at radius 2 is 2.47 bits per heavy atom. The molecule has 1 saturated heterocycles. The number of carbonyl (C=O) groups is 1. The van der Waals surface area contributed by atoms with E-state index in [4.69, 9.17) is 5.11 Å². The van der Waals surface area contributed by atoms with Gasteiger partial charge in [0.1, 0.15) is 5.56 Å². The van der Waals surface area contributed by atoms with Gasteiger partial charge in [0.2, 0.25) is 0 Å². The van der Waals surface area contributed by atoms with Crippen LogP contribution in [-0.2, 0) is 0 Å². The summed E-state index contributed by atoms with van der Waals surface area (Å²) in [5.41, 5.74) is 0.247. The molecule has 1 aromatic rings. The number of carboxylic acids is 1. The predicted molar refractivity (Wildman–Crippen MR) is 64.2 cm³/mol. The Morgan fingerprint density at radius 1 is 1.65 bits per heavy atom. The van der Waals surface area contributed by atoms with E-state index < -0.39 is 5.97 Å². The van der Waals surface area contributed by atoms with Crippen molar-refractivity contribution >= 4 is 11.8 Å². The number of hydrogen-bond acceptors (Lipinski definition) is 4. The molecule has 5 nitrogen and oxygen atoms in total. The average molecular weight is 235 g/mol. The van der Waals surface area contributed by atoms with Crippen molar-refractivity contribution < 1.29 is 9.90 Å². The Balaban J connectivity index is 2.24. The van der Waals surface area contributed by atoms with Gasteiger partial charge >= 0.3 is 5.97 Å². The van der Waals surface area contributed by atoms with Gasteiger partial charge in [-0.2, -0.15) is 5.10 Å². The van der Waals surface area contributed by atoms with Gasteiger partial charge in [0.25, 0.3) is 0 Å². The number of hydrogen-bond donors (Lipinski definition) is 1. The minimum atomic E-state index is -0.937. The molecule has 0 aliphatic carbocycles. The molecule has 5 heteroatoms. The molecule has 0 bridgehead atoms. The van der Waals surface area contributed by atoms with Gasteiger partial charge in [-0.05, 0) is 24.8 Å². The largest absolute Gasteiger partial charge is 0.478 e. The summed E-state index contributed by atoms with van der Waals surface area (Å²) in [6.07, 6.45) is 4.86. The molecule has 1 unspecified atom stereocenters. The second-order valence-electron chi connectivity index (χ2n) is 4.44. The van der Waals surface area contributed by atoms with Crippen LogP contribution in [-0.4, -0.2) is 34.4 Å². The topological polar surface area (TPSA) is 66.3 Å². The number of aromatic carboxylic acids is 1. The number of aromatic nitrogens is 2. The number of piperidine rings is 1. The van der Waals surface area contributed by atoms with Crippen LogP contribution in [0.4, 0.5) is 5.82 Å². The van der Waals surface area contributed by atoms with Crippen molar-refractivity contribution in [1.82, 2.24) is 10.2 Å². The minimum Gasteiger partial charge on any atom is -0.478 e. The third kappa shape index (κ3) is 2.54. The van der Waals surface area contributed by atoms with Crippen molar-refractivity contribution in [2.24, 2.45) is 5.92 Å². The van der Waals surface area contributed by atoms with E-state index in [1.165, 1.54) is 18.7 Å². The number of nitrogens with zero attached hydrogens (tertiary/aromatic N) is 3. The highest BCUT2D eigenvalue weighted by atomic mass is 16.4. The summed E-state index contributed by atoms with van der Waals surface area (Å²) in [4.78, 5) is 13.2. The Morgan fingerprint density at radius 3 is 3.18 bits per heavy atom. The SMILES string of the molecule is CCC1CCCN(c2nnccc2C(=O)O)C1. The molecule has 2 rings (SSSR count). The zero-order valence-corrected chi connectivity index (χ0v) is 9.96. The van der Waals surface area contributed by atoms with Crippen molar-refractivity contribution in [1.29, 1.82) is 0 Å². The maximum Gasteiger partial charge on any atom is 0.339 e. The molecule has 17 heavy (non-hydrogen) atoms. The van der Waals surface area contributed by atoms with E-state index in [1.54, 1.807) is 0 Å². The van der Waals surface area contributed by atoms with Gasteiger partial charge in [-0.25, -0.2) is 4.79 Å². The molecular weight excluding hydrogens is 218 g/mol. The molecule has 1 aliphatic rings. The molecular formula is C12H17N3O2. The lowest BCUT2D eigenvalue weighted by molar-refractivity contribution is 0.0696. The lowest BCUT2D eigenvalue weighted by Crippen LogP contribution is -2.36. The van der Waals surface area contributed by atoms with Crippen molar-refractivity contribution in [3.8, 4) is 0 Å². The van der Waals surface area contributed by atoms with Crippen LogP contribution >= 0.6 is 0 Å². The van der Waals surface area contributed by atoms with Crippen LogP contribution < -0.4 is 4.90 Å². The molecule has 1 atom stereocenters. The summed E-state index contributed by atoms with van der Waals surface area (Å²) in [6, 6.07) is 1.51. The predicted octanol–water partition coefficient (Wildman–Crippen LogP) is 1.80. The first-order valence-electron chi connectivity index (χ1n) is 6.02. The Bertz CT molecular complexity index is 408. The molecule has 1 aliphatic heterocycles. The van der Waals surface area contributed by atoms with Gasteiger partial charge in [-0.15, -0.1) is 5.10 Å². The van der Waals surface area contributed by atoms with Crippen LogP contribution in [0.15, 0.2) is 12.3 Å². The molecule has 0 spiro atoms. The molecule has 92 valence electrons. The zero-order valence-electron chi connectivity index (χ0n) is 9.96. The lowest BCUT2D eigenvalue weighted by Gasteiger charge is -2.33. The second kappa shape index (κ2) is 5.12. The molecule has 0 saturated carbocycles. The van der Waals surface area contributed by atoms with Gasteiger partial charge in [-0.3, -0.25) is 0 Å². The highest BCUT2D eigenvalue weighted by Gasteiger charge is 2.23. The van der Waals surface area contributed by atoms with E-state index >= 15 is 0 Å². The first kappa shape index (κ1) is 11.8. The normalized spacial score (nSPS) is 20.3. The smallest absolute Gasteiger partial charge is 0.339 e. The molecule has 1 N–H and O–H groups in total. The quantitative estimate of drug-likeness (QED) is 0.865. The van der Waals surface area contributed by atoms with Gasteiger partial charge in [-0.1, -0.05) is 13.3 Å². The highest BCUT2D eigenvalue weighted by Crippen LogP contribution is 2.25. The fourth-order valence-corrected chi connectivity index (χ4v) is 2.32. The summed E-state index contributed by atoms with van der Waals surface area (Å²) in [6.45, 7) is 3.92. The van der Waals surface area contributed by atoms with Gasteiger partial charge in [0.15, 0.2) is 5.82 Å². The Hall–Kier alpha value is -1.65. The number of anilines is 1.